The summed E-state index contributed by atoms with van der Waals surface area (Å²) in [6.45, 7) is 4.91. The lowest BCUT2D eigenvalue weighted by atomic mass is 10.1. The minimum Gasteiger partial charge on any atom is -0.381 e. The summed E-state index contributed by atoms with van der Waals surface area (Å²) >= 11 is 3.18. The van der Waals surface area contributed by atoms with Gasteiger partial charge in [-0.25, -0.2) is 4.39 Å². The molecule has 0 aliphatic rings. The monoisotopic (exact) mass is 307 g/mol. The molecule has 0 atom stereocenters. The first-order chi connectivity index (χ1) is 8.54. The lowest BCUT2D eigenvalue weighted by Gasteiger charge is -2.09. The number of nitrogens with one attached hydrogen (secondary N) is 1. The minimum atomic E-state index is -0.244. The van der Waals surface area contributed by atoms with Crippen molar-refractivity contribution in [2.24, 2.45) is 0 Å². The highest BCUT2D eigenvalue weighted by Crippen LogP contribution is 2.20. The topological polar surface area (TPSA) is 12.0 Å². The molecule has 1 N–H and O–H groups in total. The molecule has 94 valence electrons. The zero-order valence-corrected chi connectivity index (χ0v) is 12.0. The highest BCUT2D eigenvalue weighted by Gasteiger charge is 2.01. The molecule has 0 amide bonds. The Morgan fingerprint density at radius 2 is 1.72 bits per heavy atom. The van der Waals surface area contributed by atoms with Gasteiger partial charge < -0.3 is 5.32 Å². The van der Waals surface area contributed by atoms with Gasteiger partial charge in [0.05, 0.1) is 4.47 Å². The first kappa shape index (κ1) is 13.1. The number of hydrogen-bond donors (Lipinski definition) is 1. The van der Waals surface area contributed by atoms with Crippen molar-refractivity contribution in [3.8, 4) is 0 Å². The fraction of sp³-hybridized carbons (Fsp3) is 0.200. The Kier molecular flexibility index (Phi) is 4.02. The Labute approximate surface area is 115 Å². The highest BCUT2D eigenvalue weighted by molar-refractivity contribution is 9.10. The second kappa shape index (κ2) is 5.53. The Bertz CT molecular complexity index is 546. The van der Waals surface area contributed by atoms with Gasteiger partial charge in [-0.1, -0.05) is 29.3 Å². The average molecular weight is 308 g/mol. The van der Waals surface area contributed by atoms with Crippen molar-refractivity contribution in [1.82, 2.24) is 0 Å². The van der Waals surface area contributed by atoms with Crippen molar-refractivity contribution in [3.63, 3.8) is 0 Å². The van der Waals surface area contributed by atoms with Gasteiger partial charge in [-0.3, -0.25) is 0 Å². The first-order valence-electron chi connectivity index (χ1n) is 5.81. The molecule has 1 nitrogen and oxygen atoms in total. The summed E-state index contributed by atoms with van der Waals surface area (Å²) in [4.78, 5) is 0. The third-order valence-corrected chi connectivity index (χ3v) is 3.31. The number of hydrogen-bond acceptors (Lipinski definition) is 1. The minimum absolute atomic E-state index is 0.244. The number of rotatable bonds is 3. The van der Waals surface area contributed by atoms with E-state index in [1.54, 1.807) is 12.1 Å². The van der Waals surface area contributed by atoms with Crippen LogP contribution in [0.5, 0.6) is 0 Å². The van der Waals surface area contributed by atoms with Crippen LogP contribution >= 0.6 is 15.9 Å². The van der Waals surface area contributed by atoms with Gasteiger partial charge in [-0.2, -0.15) is 0 Å². The van der Waals surface area contributed by atoms with E-state index in [-0.39, 0.29) is 5.82 Å². The van der Waals surface area contributed by atoms with E-state index < -0.39 is 0 Å². The Morgan fingerprint density at radius 1 is 1.06 bits per heavy atom. The van der Waals surface area contributed by atoms with Crippen LogP contribution in [0.15, 0.2) is 40.9 Å². The second-order valence-corrected chi connectivity index (χ2v) is 5.33. The molecule has 0 unspecified atom stereocenters. The van der Waals surface area contributed by atoms with Crippen molar-refractivity contribution >= 4 is 21.6 Å². The van der Waals surface area contributed by atoms with E-state index in [9.17, 15) is 4.39 Å². The standard InChI is InChI=1S/C15H15BrFN/c1-10-5-11(2)7-12(6-10)9-18-13-3-4-15(17)14(16)8-13/h3-8,18H,9H2,1-2H3. The van der Waals surface area contributed by atoms with E-state index in [0.29, 0.717) is 4.47 Å². The van der Waals surface area contributed by atoms with Gasteiger partial charge in [-0.15, -0.1) is 0 Å². The molecule has 2 aromatic rings. The third-order valence-electron chi connectivity index (χ3n) is 2.70. The largest absolute Gasteiger partial charge is 0.381 e. The van der Waals surface area contributed by atoms with Gasteiger partial charge in [-0.05, 0) is 53.5 Å². The van der Waals surface area contributed by atoms with E-state index >= 15 is 0 Å². The van der Waals surface area contributed by atoms with Crippen LogP contribution in [0.3, 0.4) is 0 Å². The van der Waals surface area contributed by atoms with Gasteiger partial charge in [0.1, 0.15) is 5.82 Å². The molecule has 0 fully saturated rings. The predicted molar refractivity (Wildman–Crippen MR) is 77.3 cm³/mol. The van der Waals surface area contributed by atoms with Crippen molar-refractivity contribution in [1.29, 1.82) is 0 Å². The van der Waals surface area contributed by atoms with Gasteiger partial charge in [0, 0.05) is 12.2 Å². The van der Waals surface area contributed by atoms with Crippen LogP contribution in [0.4, 0.5) is 10.1 Å². The van der Waals surface area contributed by atoms with Gasteiger partial charge in [0.25, 0.3) is 0 Å². The molecule has 0 spiro atoms. The van der Waals surface area contributed by atoms with Crippen molar-refractivity contribution < 1.29 is 4.39 Å². The summed E-state index contributed by atoms with van der Waals surface area (Å²) in [6.07, 6.45) is 0. The summed E-state index contributed by atoms with van der Waals surface area (Å²) in [5.74, 6) is -0.244. The molecule has 3 heteroatoms. The van der Waals surface area contributed by atoms with Gasteiger partial charge in [0.2, 0.25) is 0 Å². The van der Waals surface area contributed by atoms with Gasteiger partial charge in [0.15, 0.2) is 0 Å². The summed E-state index contributed by atoms with van der Waals surface area (Å²) in [5.41, 5.74) is 4.65. The third kappa shape index (κ3) is 3.33. The zero-order valence-electron chi connectivity index (χ0n) is 10.4. The van der Waals surface area contributed by atoms with Crippen LogP contribution in [0.2, 0.25) is 0 Å². The lowest BCUT2D eigenvalue weighted by Crippen LogP contribution is -2.00. The number of aryl methyl sites for hydroxylation is 2. The summed E-state index contributed by atoms with van der Waals surface area (Å²) in [6, 6.07) is 11.4. The molecule has 2 rings (SSSR count). The van der Waals surface area contributed by atoms with E-state index in [4.69, 9.17) is 0 Å². The van der Waals surface area contributed by atoms with Gasteiger partial charge >= 0.3 is 0 Å². The molecule has 0 saturated heterocycles. The van der Waals surface area contributed by atoms with E-state index in [0.717, 1.165) is 12.2 Å². The molecule has 0 bridgehead atoms. The molecule has 0 aliphatic carbocycles. The van der Waals surface area contributed by atoms with Crippen LogP contribution < -0.4 is 5.32 Å². The molecule has 0 radical (unpaired) electrons. The van der Waals surface area contributed by atoms with E-state index in [2.05, 4.69) is 53.3 Å². The molecule has 0 aliphatic heterocycles. The second-order valence-electron chi connectivity index (χ2n) is 4.48. The maximum absolute atomic E-state index is 13.1. The normalized spacial score (nSPS) is 10.4. The summed E-state index contributed by atoms with van der Waals surface area (Å²) in [5, 5.41) is 3.29. The van der Waals surface area contributed by atoms with Crippen LogP contribution in [-0.4, -0.2) is 0 Å². The zero-order chi connectivity index (χ0) is 13.1. The quantitative estimate of drug-likeness (QED) is 0.857. The SMILES string of the molecule is Cc1cc(C)cc(CNc2ccc(F)c(Br)c2)c1. The van der Waals surface area contributed by atoms with Crippen molar-refractivity contribution in [2.75, 3.05) is 5.32 Å². The van der Waals surface area contributed by atoms with E-state index in [1.165, 1.54) is 22.8 Å². The van der Waals surface area contributed by atoms with Crippen LogP contribution in [0.1, 0.15) is 16.7 Å². The Morgan fingerprint density at radius 3 is 2.33 bits per heavy atom. The predicted octanol–water partition coefficient (Wildman–Crippen LogP) is 4.82. The molecule has 0 heterocycles. The number of benzene rings is 2. The van der Waals surface area contributed by atoms with Crippen molar-refractivity contribution in [2.45, 2.75) is 20.4 Å². The van der Waals surface area contributed by atoms with E-state index in [1.807, 2.05) is 0 Å². The molecule has 18 heavy (non-hydrogen) atoms. The number of halogens is 2. The van der Waals surface area contributed by atoms with Crippen LogP contribution in [0, 0.1) is 19.7 Å². The maximum Gasteiger partial charge on any atom is 0.137 e. The molecular weight excluding hydrogens is 293 g/mol. The smallest absolute Gasteiger partial charge is 0.137 e. The highest BCUT2D eigenvalue weighted by atomic mass is 79.9. The van der Waals surface area contributed by atoms with Crippen molar-refractivity contribution in [3.05, 3.63) is 63.4 Å². The first-order valence-corrected chi connectivity index (χ1v) is 6.60. The molecule has 0 saturated carbocycles. The summed E-state index contributed by atoms with van der Waals surface area (Å²) in [7, 11) is 0. The molecule has 0 aromatic heterocycles. The van der Waals surface area contributed by atoms with Crippen LogP contribution in [-0.2, 0) is 6.54 Å². The summed E-state index contributed by atoms with van der Waals surface area (Å²) < 4.78 is 13.6. The fourth-order valence-electron chi connectivity index (χ4n) is 1.98. The van der Waals surface area contributed by atoms with Crippen LogP contribution in [0.25, 0.3) is 0 Å². The Balaban J connectivity index is 2.08. The Hall–Kier alpha value is -1.35. The molecular formula is C15H15BrFN. The average Bonchev–Trinajstić information content (AvgIpc) is 2.29. The fourth-order valence-corrected chi connectivity index (χ4v) is 2.36. The molecule has 2 aromatic carbocycles. The number of anilines is 1. The lowest BCUT2D eigenvalue weighted by molar-refractivity contribution is 0.621. The maximum atomic E-state index is 13.1.